The fourth-order valence-electron chi connectivity index (χ4n) is 2.47. The summed E-state index contributed by atoms with van der Waals surface area (Å²) in [5.74, 6) is -3.30. The van der Waals surface area contributed by atoms with Crippen LogP contribution in [-0.4, -0.2) is 54.2 Å². The van der Waals surface area contributed by atoms with Gasteiger partial charge in [0.05, 0.1) is 21.8 Å². The molecule has 0 saturated heterocycles. The van der Waals surface area contributed by atoms with E-state index < -0.39 is 49.1 Å². The number of ether oxygens (including phenoxy) is 1. The van der Waals surface area contributed by atoms with E-state index >= 15 is 0 Å². The maximum Gasteiger partial charge on any atom is 0.490 e. The van der Waals surface area contributed by atoms with Gasteiger partial charge in [0, 0.05) is 12.0 Å². The van der Waals surface area contributed by atoms with E-state index in [0.717, 1.165) is 4.90 Å². The second kappa shape index (κ2) is 11.1. The smallest absolute Gasteiger partial charge is 0.475 e. The standard InChI is InChI=1S/C15H16Cl2F3N3O3.C2HF3O2/c1-2-9(21)13(24)23-10-4-3-8(16)12(17)7(10)5-11(23)26-14(25)22-6-15(18,19)20;3-2(4,5)1(6)7/h3-4,9,11H,2,5-6,21H2,1H3,(H,22,25);(H,6,7)/t9-,11-;/m0./s1. The number of carboxylic acid groups (broad SMARTS) is 1. The zero-order valence-corrected chi connectivity index (χ0v) is 18.1. The van der Waals surface area contributed by atoms with Crippen molar-refractivity contribution in [1.82, 2.24) is 5.32 Å². The van der Waals surface area contributed by atoms with E-state index in [0.29, 0.717) is 17.7 Å². The molecule has 1 aromatic rings. The van der Waals surface area contributed by atoms with Crippen molar-refractivity contribution in [2.24, 2.45) is 5.73 Å². The monoisotopic (exact) mass is 527 g/mol. The third-order valence-electron chi connectivity index (χ3n) is 4.01. The third-order valence-corrected chi connectivity index (χ3v) is 4.85. The van der Waals surface area contributed by atoms with Gasteiger partial charge in [-0.05, 0) is 18.6 Å². The fraction of sp³-hybridized carbons (Fsp3) is 0.471. The predicted molar refractivity (Wildman–Crippen MR) is 104 cm³/mol. The van der Waals surface area contributed by atoms with E-state index in [1.807, 2.05) is 0 Å². The Morgan fingerprint density at radius 1 is 1.24 bits per heavy atom. The summed E-state index contributed by atoms with van der Waals surface area (Å²) in [6, 6.07) is 2.10. The molecule has 2 atom stereocenters. The lowest BCUT2D eigenvalue weighted by molar-refractivity contribution is -0.192. The number of rotatable bonds is 4. The number of halogens is 8. The van der Waals surface area contributed by atoms with Crippen LogP contribution < -0.4 is 16.0 Å². The topological polar surface area (TPSA) is 122 Å². The number of carbonyl (C=O) groups excluding carboxylic acids is 2. The van der Waals surface area contributed by atoms with Crippen molar-refractivity contribution in [3.63, 3.8) is 0 Å². The maximum atomic E-state index is 12.6. The number of aliphatic carboxylic acids is 1. The summed E-state index contributed by atoms with van der Waals surface area (Å²) in [7, 11) is 0. The van der Waals surface area contributed by atoms with Gasteiger partial charge in [0.15, 0.2) is 6.23 Å². The lowest BCUT2D eigenvalue weighted by Gasteiger charge is -2.27. The molecule has 0 bridgehead atoms. The molecule has 1 heterocycles. The molecule has 0 unspecified atom stereocenters. The Kier molecular flexibility index (Phi) is 9.63. The highest BCUT2D eigenvalue weighted by Gasteiger charge is 2.40. The fourth-order valence-corrected chi connectivity index (χ4v) is 2.88. The number of hydrogen-bond donors (Lipinski definition) is 3. The highest BCUT2D eigenvalue weighted by molar-refractivity contribution is 6.43. The molecule has 0 aliphatic carbocycles. The van der Waals surface area contributed by atoms with Crippen molar-refractivity contribution in [2.45, 2.75) is 44.4 Å². The molecular weight excluding hydrogens is 511 g/mol. The molecule has 2 rings (SSSR count). The van der Waals surface area contributed by atoms with Crippen LogP contribution in [0, 0.1) is 0 Å². The van der Waals surface area contributed by atoms with Crippen molar-refractivity contribution < 1.29 is 50.6 Å². The molecule has 1 aliphatic heterocycles. The molecule has 16 heteroatoms. The maximum absolute atomic E-state index is 12.6. The lowest BCUT2D eigenvalue weighted by Crippen LogP contribution is -2.49. The molecule has 2 amide bonds. The van der Waals surface area contributed by atoms with E-state index in [1.165, 1.54) is 12.1 Å². The number of carbonyl (C=O) groups is 3. The van der Waals surface area contributed by atoms with Crippen LogP contribution in [0.25, 0.3) is 0 Å². The van der Waals surface area contributed by atoms with E-state index in [4.69, 9.17) is 43.6 Å². The van der Waals surface area contributed by atoms with Gasteiger partial charge in [-0.2, -0.15) is 26.3 Å². The normalized spacial score (nSPS) is 16.3. The number of nitrogens with one attached hydrogen (secondary N) is 1. The Morgan fingerprint density at radius 2 is 1.79 bits per heavy atom. The van der Waals surface area contributed by atoms with Gasteiger partial charge in [-0.15, -0.1) is 0 Å². The summed E-state index contributed by atoms with van der Waals surface area (Å²) >= 11 is 12.1. The number of hydrogen-bond acceptors (Lipinski definition) is 5. The van der Waals surface area contributed by atoms with Gasteiger partial charge in [-0.1, -0.05) is 30.1 Å². The van der Waals surface area contributed by atoms with Gasteiger partial charge in [-0.25, -0.2) is 9.59 Å². The number of fused-ring (bicyclic) bond motifs is 1. The Morgan fingerprint density at radius 3 is 2.24 bits per heavy atom. The van der Waals surface area contributed by atoms with Gasteiger partial charge in [-0.3, -0.25) is 9.69 Å². The summed E-state index contributed by atoms with van der Waals surface area (Å²) in [6.07, 6.45) is -11.9. The highest BCUT2D eigenvalue weighted by Crippen LogP contribution is 2.41. The molecule has 4 N–H and O–H groups in total. The van der Waals surface area contributed by atoms with E-state index in [9.17, 15) is 35.9 Å². The Balaban J connectivity index is 0.000000675. The summed E-state index contributed by atoms with van der Waals surface area (Å²) in [4.78, 5) is 34.3. The second-order valence-electron chi connectivity index (χ2n) is 6.42. The lowest BCUT2D eigenvalue weighted by atomic mass is 10.1. The van der Waals surface area contributed by atoms with Crippen LogP contribution in [0.4, 0.5) is 36.8 Å². The van der Waals surface area contributed by atoms with Crippen molar-refractivity contribution >= 4 is 46.9 Å². The van der Waals surface area contributed by atoms with Gasteiger partial charge in [0.2, 0.25) is 5.91 Å². The Labute approximate surface area is 192 Å². The van der Waals surface area contributed by atoms with Crippen LogP contribution in [0.3, 0.4) is 0 Å². The van der Waals surface area contributed by atoms with Gasteiger partial charge < -0.3 is 20.9 Å². The largest absolute Gasteiger partial charge is 0.490 e. The molecular formula is C17H17Cl2F6N3O5. The third kappa shape index (κ3) is 8.12. The van der Waals surface area contributed by atoms with Crippen molar-refractivity contribution in [3.8, 4) is 0 Å². The van der Waals surface area contributed by atoms with Crippen molar-refractivity contribution in [2.75, 3.05) is 11.4 Å². The van der Waals surface area contributed by atoms with Crippen LogP contribution in [0.1, 0.15) is 18.9 Å². The number of anilines is 1. The highest BCUT2D eigenvalue weighted by atomic mass is 35.5. The Bertz CT molecular complexity index is 897. The minimum absolute atomic E-state index is 0.0175. The molecule has 8 nitrogen and oxygen atoms in total. The Hall–Kier alpha value is -2.45. The first-order valence-electron chi connectivity index (χ1n) is 8.86. The summed E-state index contributed by atoms with van der Waals surface area (Å²) in [5.41, 5.74) is 6.57. The molecule has 1 aliphatic rings. The van der Waals surface area contributed by atoms with Crippen LogP contribution in [0.2, 0.25) is 10.0 Å². The molecule has 0 spiro atoms. The summed E-state index contributed by atoms with van der Waals surface area (Å²) in [6.45, 7) is 0.140. The molecule has 0 aromatic heterocycles. The SMILES string of the molecule is CC[C@H](N)C(=O)N1c2ccc(Cl)c(Cl)c2C[C@@H]1OC(=O)NCC(F)(F)F.O=C(O)C(F)(F)F. The number of amides is 2. The average Bonchev–Trinajstić information content (AvgIpc) is 3.05. The van der Waals surface area contributed by atoms with Gasteiger partial charge in [0.1, 0.15) is 6.54 Å². The summed E-state index contributed by atoms with van der Waals surface area (Å²) < 4.78 is 73.4. The van der Waals surface area contributed by atoms with Crippen LogP contribution in [0.5, 0.6) is 0 Å². The molecule has 1 aromatic carbocycles. The first-order chi connectivity index (χ1) is 15.0. The zero-order chi connectivity index (χ0) is 25.7. The van der Waals surface area contributed by atoms with Crippen LogP contribution >= 0.6 is 23.2 Å². The number of nitrogens with two attached hydrogens (primary N) is 1. The van der Waals surface area contributed by atoms with Crippen molar-refractivity contribution in [1.29, 1.82) is 0 Å². The number of alkyl halides is 6. The summed E-state index contributed by atoms with van der Waals surface area (Å²) in [5, 5.41) is 9.13. The first-order valence-corrected chi connectivity index (χ1v) is 9.62. The zero-order valence-electron chi connectivity index (χ0n) is 16.6. The quantitative estimate of drug-likeness (QED) is 0.511. The minimum atomic E-state index is -5.08. The average molecular weight is 528 g/mol. The van der Waals surface area contributed by atoms with Crippen molar-refractivity contribution in [3.05, 3.63) is 27.7 Å². The van der Waals surface area contributed by atoms with Gasteiger partial charge in [0.25, 0.3) is 0 Å². The first kappa shape index (κ1) is 28.6. The molecule has 33 heavy (non-hydrogen) atoms. The van der Waals surface area contributed by atoms with E-state index in [2.05, 4.69) is 0 Å². The predicted octanol–water partition coefficient (Wildman–Crippen LogP) is 3.87. The number of benzene rings is 1. The number of carboxylic acids is 1. The molecule has 186 valence electrons. The van der Waals surface area contributed by atoms with Crippen LogP contribution in [0.15, 0.2) is 12.1 Å². The molecule has 0 saturated carbocycles. The minimum Gasteiger partial charge on any atom is -0.475 e. The number of alkyl carbamates (subject to hydrolysis) is 1. The van der Waals surface area contributed by atoms with Crippen LogP contribution in [-0.2, 0) is 20.7 Å². The molecule has 0 fully saturated rings. The van der Waals surface area contributed by atoms with Gasteiger partial charge >= 0.3 is 24.4 Å². The van der Waals surface area contributed by atoms with E-state index in [-0.39, 0.29) is 16.5 Å². The number of nitrogens with zero attached hydrogens (tertiary/aromatic N) is 1. The van der Waals surface area contributed by atoms with E-state index in [1.54, 1.807) is 12.2 Å². The molecule has 0 radical (unpaired) electrons. The second-order valence-corrected chi connectivity index (χ2v) is 7.20.